The van der Waals surface area contributed by atoms with E-state index >= 15 is 0 Å². The van der Waals surface area contributed by atoms with Crippen LogP contribution >= 0.6 is 27.5 Å². The van der Waals surface area contributed by atoms with Crippen molar-refractivity contribution in [3.05, 3.63) is 51.2 Å². The van der Waals surface area contributed by atoms with Crippen molar-refractivity contribution < 1.29 is 4.39 Å². The minimum Gasteiger partial charge on any atom is -0.205 e. The van der Waals surface area contributed by atoms with Gasteiger partial charge in [0.15, 0.2) is 0 Å². The fourth-order valence-electron chi connectivity index (χ4n) is 1.63. The number of benzene rings is 1. The highest BCUT2D eigenvalue weighted by molar-refractivity contribution is 9.10. The van der Waals surface area contributed by atoms with Gasteiger partial charge in [-0.3, -0.25) is 0 Å². The normalized spacial score (nSPS) is 15.9. The molecule has 15 heavy (non-hydrogen) atoms. The van der Waals surface area contributed by atoms with E-state index in [1.165, 1.54) is 0 Å². The molecular formula is C12H9BrClF. The first-order valence-electron chi connectivity index (χ1n) is 4.69. The van der Waals surface area contributed by atoms with Gasteiger partial charge in [0, 0.05) is 10.6 Å². The van der Waals surface area contributed by atoms with Gasteiger partial charge in [-0.2, -0.15) is 0 Å². The summed E-state index contributed by atoms with van der Waals surface area (Å²) in [5, 5.41) is 0.690. The van der Waals surface area contributed by atoms with E-state index in [0.717, 1.165) is 18.4 Å². The van der Waals surface area contributed by atoms with Crippen molar-refractivity contribution in [2.75, 3.05) is 0 Å². The van der Waals surface area contributed by atoms with E-state index in [1.54, 1.807) is 12.1 Å². The molecule has 0 bridgehead atoms. The first-order valence-corrected chi connectivity index (χ1v) is 5.86. The molecule has 0 heterocycles. The van der Waals surface area contributed by atoms with Gasteiger partial charge in [-0.05, 0) is 46.5 Å². The highest BCUT2D eigenvalue weighted by Crippen LogP contribution is 2.31. The van der Waals surface area contributed by atoms with E-state index in [2.05, 4.69) is 15.9 Å². The Morgan fingerprint density at radius 3 is 2.87 bits per heavy atom. The molecule has 1 aliphatic rings. The Balaban J connectivity index is 2.46. The van der Waals surface area contributed by atoms with Gasteiger partial charge < -0.3 is 0 Å². The summed E-state index contributed by atoms with van der Waals surface area (Å²) in [6.45, 7) is 0. The molecule has 3 heteroatoms. The topological polar surface area (TPSA) is 0 Å². The molecule has 0 nitrogen and oxygen atoms in total. The third kappa shape index (κ3) is 2.32. The minimum absolute atomic E-state index is 0.213. The largest absolute Gasteiger partial charge is 0.205 e. The molecule has 0 saturated carbocycles. The molecule has 0 unspecified atom stereocenters. The second-order valence-electron chi connectivity index (χ2n) is 3.40. The summed E-state index contributed by atoms with van der Waals surface area (Å²) in [6.07, 6.45) is 5.48. The Labute approximate surface area is 102 Å². The molecule has 0 N–H and O–H groups in total. The van der Waals surface area contributed by atoms with E-state index in [1.807, 2.05) is 18.2 Å². The van der Waals surface area contributed by atoms with Gasteiger partial charge >= 0.3 is 0 Å². The zero-order chi connectivity index (χ0) is 10.8. The smallest absolute Gasteiger partial charge is 0.144 e. The van der Waals surface area contributed by atoms with E-state index in [9.17, 15) is 4.39 Å². The van der Waals surface area contributed by atoms with Crippen molar-refractivity contribution in [3.8, 4) is 0 Å². The van der Waals surface area contributed by atoms with Crippen LogP contribution in [0.3, 0.4) is 0 Å². The lowest BCUT2D eigenvalue weighted by molar-refractivity contribution is 0.616. The van der Waals surface area contributed by atoms with Gasteiger partial charge in [0.1, 0.15) is 5.82 Å². The van der Waals surface area contributed by atoms with Gasteiger partial charge in [0.2, 0.25) is 0 Å². The highest BCUT2D eigenvalue weighted by atomic mass is 79.9. The zero-order valence-corrected chi connectivity index (χ0v) is 10.3. The predicted molar refractivity (Wildman–Crippen MR) is 65.2 cm³/mol. The molecule has 0 aromatic heterocycles. The number of hydrogen-bond acceptors (Lipinski definition) is 0. The average molecular weight is 288 g/mol. The summed E-state index contributed by atoms with van der Waals surface area (Å²) in [5.74, 6) is -0.213. The molecule has 0 atom stereocenters. The predicted octanol–water partition coefficient (Wildman–Crippen LogP) is 4.89. The van der Waals surface area contributed by atoms with Gasteiger partial charge in [0.05, 0.1) is 4.47 Å². The fourth-order valence-corrected chi connectivity index (χ4v) is 2.23. The quantitative estimate of drug-likeness (QED) is 0.690. The minimum atomic E-state index is -0.213. The molecule has 0 fully saturated rings. The summed E-state index contributed by atoms with van der Waals surface area (Å²) in [6, 6.07) is 5.30. The van der Waals surface area contributed by atoms with Crippen LogP contribution in [0.5, 0.6) is 0 Å². The summed E-state index contributed by atoms with van der Waals surface area (Å²) < 4.78 is 14.3. The monoisotopic (exact) mass is 286 g/mol. The van der Waals surface area contributed by atoms with Crippen LogP contribution in [-0.2, 0) is 0 Å². The molecule has 1 aromatic rings. The molecule has 0 spiro atoms. The molecule has 0 saturated heterocycles. The first kappa shape index (κ1) is 10.9. The van der Waals surface area contributed by atoms with Crippen LogP contribution in [0.2, 0.25) is 0 Å². The maximum absolute atomic E-state index is 13.8. The Hall–Kier alpha value is -0.600. The Kier molecular flexibility index (Phi) is 3.27. The second kappa shape index (κ2) is 4.50. The van der Waals surface area contributed by atoms with Crippen molar-refractivity contribution in [1.82, 2.24) is 0 Å². The molecule has 2 rings (SSSR count). The number of allylic oxidation sites excluding steroid dienone is 4. The van der Waals surface area contributed by atoms with Gasteiger partial charge in [-0.1, -0.05) is 29.8 Å². The molecule has 1 aromatic carbocycles. The lowest BCUT2D eigenvalue weighted by atomic mass is 9.97. The van der Waals surface area contributed by atoms with E-state index in [0.29, 0.717) is 15.1 Å². The third-order valence-electron chi connectivity index (χ3n) is 2.36. The van der Waals surface area contributed by atoms with Crippen LogP contribution in [0.25, 0.3) is 5.57 Å². The molecule has 0 amide bonds. The van der Waals surface area contributed by atoms with Gasteiger partial charge in [-0.15, -0.1) is 0 Å². The Bertz CT molecular complexity index is 449. The first-order chi connectivity index (χ1) is 7.18. The van der Waals surface area contributed by atoms with Crippen LogP contribution in [-0.4, -0.2) is 0 Å². The Morgan fingerprint density at radius 1 is 1.33 bits per heavy atom. The summed E-state index contributed by atoms with van der Waals surface area (Å²) in [5.41, 5.74) is 1.59. The van der Waals surface area contributed by atoms with Crippen LogP contribution in [0, 0.1) is 5.82 Å². The molecule has 78 valence electrons. The lowest BCUT2D eigenvalue weighted by Crippen LogP contribution is -1.94. The Morgan fingerprint density at radius 2 is 2.13 bits per heavy atom. The summed E-state index contributed by atoms with van der Waals surface area (Å²) in [4.78, 5) is 0. The number of rotatable bonds is 1. The van der Waals surface area contributed by atoms with Crippen molar-refractivity contribution in [2.45, 2.75) is 12.8 Å². The van der Waals surface area contributed by atoms with Crippen molar-refractivity contribution in [3.63, 3.8) is 0 Å². The molecular weight excluding hydrogens is 278 g/mol. The van der Waals surface area contributed by atoms with E-state index in [4.69, 9.17) is 11.6 Å². The summed E-state index contributed by atoms with van der Waals surface area (Å²) >= 11 is 9.08. The van der Waals surface area contributed by atoms with Crippen molar-refractivity contribution >= 4 is 33.1 Å². The van der Waals surface area contributed by atoms with E-state index < -0.39 is 0 Å². The van der Waals surface area contributed by atoms with Crippen LogP contribution < -0.4 is 0 Å². The van der Waals surface area contributed by atoms with E-state index in [-0.39, 0.29) is 5.82 Å². The number of halogens is 3. The summed E-state index contributed by atoms with van der Waals surface area (Å²) in [7, 11) is 0. The average Bonchev–Trinajstić information content (AvgIpc) is 2.22. The standard InChI is InChI=1S/C12H9BrClF/c13-11-6-2-5-10(12(11)15)8-3-1-4-9(14)7-8/h2,4-7H,1,3H2. The fraction of sp³-hybridized carbons (Fsp3) is 0.167. The van der Waals surface area contributed by atoms with Crippen LogP contribution in [0.4, 0.5) is 4.39 Å². The van der Waals surface area contributed by atoms with Gasteiger partial charge in [-0.25, -0.2) is 4.39 Å². The SMILES string of the molecule is Fc1c(Br)cccc1C1=CC(Cl)=CCC1. The number of hydrogen-bond donors (Lipinski definition) is 0. The third-order valence-corrected chi connectivity index (χ3v) is 3.24. The molecule has 0 radical (unpaired) electrons. The maximum atomic E-state index is 13.8. The van der Waals surface area contributed by atoms with Crippen LogP contribution in [0.15, 0.2) is 39.9 Å². The van der Waals surface area contributed by atoms with Crippen molar-refractivity contribution in [1.29, 1.82) is 0 Å². The second-order valence-corrected chi connectivity index (χ2v) is 4.69. The van der Waals surface area contributed by atoms with Crippen molar-refractivity contribution in [2.24, 2.45) is 0 Å². The lowest BCUT2D eigenvalue weighted by Gasteiger charge is -2.12. The molecule has 0 aliphatic heterocycles. The maximum Gasteiger partial charge on any atom is 0.144 e. The van der Waals surface area contributed by atoms with Crippen LogP contribution in [0.1, 0.15) is 18.4 Å². The highest BCUT2D eigenvalue weighted by Gasteiger charge is 2.12. The van der Waals surface area contributed by atoms with Gasteiger partial charge in [0.25, 0.3) is 0 Å². The zero-order valence-electron chi connectivity index (χ0n) is 7.93. The molecule has 1 aliphatic carbocycles.